The second-order valence-corrected chi connectivity index (χ2v) is 7.27. The van der Waals surface area contributed by atoms with Crippen LogP contribution in [0.5, 0.6) is 0 Å². The van der Waals surface area contributed by atoms with Gasteiger partial charge in [0.25, 0.3) is 5.56 Å². The van der Waals surface area contributed by atoms with Gasteiger partial charge in [0, 0.05) is 17.0 Å². The summed E-state index contributed by atoms with van der Waals surface area (Å²) in [5.74, 6) is 1.18. The molecule has 1 aliphatic carbocycles. The molecule has 27 heavy (non-hydrogen) atoms. The van der Waals surface area contributed by atoms with Crippen LogP contribution in [0.15, 0.2) is 52.2 Å². The average Bonchev–Trinajstić information content (AvgIpc) is 3.28. The molecule has 0 atom stereocenters. The highest BCUT2D eigenvalue weighted by atomic mass is 35.5. The standard InChI is InChI=1S/C19H16ClN5O2/c20-14-5-1-12(2-6-14)9-25-18-16(8-22-25)19(26)24(11-21-18)10-15-7-17(23-27-15)13-3-4-13/h1-2,5-8,11,13H,3-4,9-10H2. The van der Waals surface area contributed by atoms with Crippen molar-refractivity contribution in [2.45, 2.75) is 31.8 Å². The number of rotatable bonds is 5. The number of benzene rings is 1. The SMILES string of the molecule is O=c1c2cnn(Cc3ccc(Cl)cc3)c2ncn1Cc1cc(C2CC2)no1. The van der Waals surface area contributed by atoms with E-state index in [-0.39, 0.29) is 5.56 Å². The Morgan fingerprint density at radius 3 is 2.78 bits per heavy atom. The van der Waals surface area contributed by atoms with Crippen LogP contribution in [0.1, 0.15) is 35.8 Å². The molecule has 0 aliphatic heterocycles. The summed E-state index contributed by atoms with van der Waals surface area (Å²) in [5, 5.41) is 9.58. The van der Waals surface area contributed by atoms with Crippen LogP contribution in [0.2, 0.25) is 5.02 Å². The fourth-order valence-corrected chi connectivity index (χ4v) is 3.26. The summed E-state index contributed by atoms with van der Waals surface area (Å²) >= 11 is 5.92. The monoisotopic (exact) mass is 381 g/mol. The van der Waals surface area contributed by atoms with Crippen LogP contribution < -0.4 is 5.56 Å². The predicted octanol–water partition coefficient (Wildman–Crippen LogP) is 3.21. The second-order valence-electron chi connectivity index (χ2n) is 6.84. The van der Waals surface area contributed by atoms with Crippen LogP contribution in [0.4, 0.5) is 0 Å². The first-order valence-electron chi connectivity index (χ1n) is 8.78. The molecule has 3 heterocycles. The van der Waals surface area contributed by atoms with Gasteiger partial charge in [0.2, 0.25) is 0 Å². The van der Waals surface area contributed by atoms with Crippen molar-refractivity contribution in [1.82, 2.24) is 24.5 Å². The van der Waals surface area contributed by atoms with E-state index in [1.165, 1.54) is 10.9 Å². The van der Waals surface area contributed by atoms with E-state index in [4.69, 9.17) is 16.1 Å². The van der Waals surface area contributed by atoms with Gasteiger partial charge in [-0.15, -0.1) is 0 Å². The van der Waals surface area contributed by atoms with E-state index in [1.807, 2.05) is 30.3 Å². The number of halogens is 1. The van der Waals surface area contributed by atoms with Gasteiger partial charge in [-0.2, -0.15) is 5.10 Å². The fraction of sp³-hybridized carbons (Fsp3) is 0.263. The number of hydrogen-bond acceptors (Lipinski definition) is 5. The van der Waals surface area contributed by atoms with Crippen molar-refractivity contribution in [2.75, 3.05) is 0 Å². The van der Waals surface area contributed by atoms with Gasteiger partial charge in [-0.1, -0.05) is 28.9 Å². The molecule has 3 aromatic heterocycles. The minimum Gasteiger partial charge on any atom is -0.359 e. The molecule has 8 heteroatoms. The Morgan fingerprint density at radius 1 is 1.19 bits per heavy atom. The van der Waals surface area contributed by atoms with E-state index >= 15 is 0 Å². The molecule has 4 aromatic rings. The van der Waals surface area contributed by atoms with Crippen molar-refractivity contribution in [3.8, 4) is 0 Å². The summed E-state index contributed by atoms with van der Waals surface area (Å²) in [5.41, 5.74) is 2.42. The molecule has 0 amide bonds. The molecule has 136 valence electrons. The molecule has 0 bridgehead atoms. The van der Waals surface area contributed by atoms with Gasteiger partial charge in [-0.25, -0.2) is 9.67 Å². The second kappa shape index (κ2) is 6.35. The third-order valence-electron chi connectivity index (χ3n) is 4.77. The van der Waals surface area contributed by atoms with Crippen molar-refractivity contribution < 1.29 is 4.52 Å². The van der Waals surface area contributed by atoms with Gasteiger partial charge < -0.3 is 4.52 Å². The predicted molar refractivity (Wildman–Crippen MR) is 99.9 cm³/mol. The number of aromatic nitrogens is 5. The number of nitrogens with zero attached hydrogens (tertiary/aromatic N) is 5. The minimum atomic E-state index is -0.147. The van der Waals surface area contributed by atoms with Crippen molar-refractivity contribution in [1.29, 1.82) is 0 Å². The Morgan fingerprint density at radius 2 is 2.00 bits per heavy atom. The zero-order valence-corrected chi connectivity index (χ0v) is 15.1. The van der Waals surface area contributed by atoms with Crippen LogP contribution in [-0.4, -0.2) is 24.5 Å². The van der Waals surface area contributed by atoms with E-state index in [0.29, 0.717) is 40.8 Å². The van der Waals surface area contributed by atoms with Crippen LogP contribution in [0, 0.1) is 0 Å². The Hall–Kier alpha value is -2.93. The molecule has 0 spiro atoms. The first kappa shape index (κ1) is 16.3. The first-order valence-corrected chi connectivity index (χ1v) is 9.16. The molecule has 5 rings (SSSR count). The van der Waals surface area contributed by atoms with Gasteiger partial charge in [0.1, 0.15) is 11.7 Å². The lowest BCUT2D eigenvalue weighted by Gasteiger charge is -2.05. The molecule has 7 nitrogen and oxygen atoms in total. The summed E-state index contributed by atoms with van der Waals surface area (Å²) in [6.45, 7) is 0.827. The highest BCUT2D eigenvalue weighted by Crippen LogP contribution is 2.39. The van der Waals surface area contributed by atoms with Crippen molar-refractivity contribution in [3.05, 3.63) is 75.3 Å². The lowest BCUT2D eigenvalue weighted by atomic mass is 10.2. The molecule has 0 N–H and O–H groups in total. The molecule has 0 radical (unpaired) electrons. The summed E-state index contributed by atoms with van der Waals surface area (Å²) in [6.07, 6.45) is 5.41. The summed E-state index contributed by atoms with van der Waals surface area (Å²) in [6, 6.07) is 9.45. The Balaban J connectivity index is 1.43. The topological polar surface area (TPSA) is 78.7 Å². The number of fused-ring (bicyclic) bond motifs is 1. The first-order chi connectivity index (χ1) is 13.2. The maximum Gasteiger partial charge on any atom is 0.264 e. The van der Waals surface area contributed by atoms with Crippen LogP contribution >= 0.6 is 11.6 Å². The third-order valence-corrected chi connectivity index (χ3v) is 5.02. The minimum absolute atomic E-state index is 0.147. The maximum atomic E-state index is 12.8. The Kier molecular flexibility index (Phi) is 3.82. The third kappa shape index (κ3) is 3.14. The highest BCUT2D eigenvalue weighted by Gasteiger charge is 2.27. The smallest absolute Gasteiger partial charge is 0.264 e. The zero-order valence-electron chi connectivity index (χ0n) is 14.4. The quantitative estimate of drug-likeness (QED) is 0.530. The Labute approximate surface area is 159 Å². The molecule has 1 fully saturated rings. The van der Waals surface area contributed by atoms with Gasteiger partial charge >= 0.3 is 0 Å². The molecule has 0 unspecified atom stereocenters. The van der Waals surface area contributed by atoms with Crippen LogP contribution in [-0.2, 0) is 13.1 Å². The molecule has 1 saturated carbocycles. The molecule has 1 aliphatic rings. The van der Waals surface area contributed by atoms with Crippen molar-refractivity contribution >= 4 is 22.6 Å². The lowest BCUT2D eigenvalue weighted by molar-refractivity contribution is 0.369. The van der Waals surface area contributed by atoms with E-state index in [9.17, 15) is 4.79 Å². The highest BCUT2D eigenvalue weighted by molar-refractivity contribution is 6.30. The lowest BCUT2D eigenvalue weighted by Crippen LogP contribution is -2.21. The fourth-order valence-electron chi connectivity index (χ4n) is 3.13. The molecular formula is C19H16ClN5O2. The Bertz CT molecular complexity index is 1170. The molecular weight excluding hydrogens is 366 g/mol. The molecule has 1 aromatic carbocycles. The summed E-state index contributed by atoms with van der Waals surface area (Å²) in [4.78, 5) is 17.2. The van der Waals surface area contributed by atoms with E-state index < -0.39 is 0 Å². The summed E-state index contributed by atoms with van der Waals surface area (Å²) in [7, 11) is 0. The normalized spacial score (nSPS) is 14.1. The number of hydrogen-bond donors (Lipinski definition) is 0. The largest absolute Gasteiger partial charge is 0.359 e. The van der Waals surface area contributed by atoms with Gasteiger partial charge in [0.15, 0.2) is 11.4 Å². The summed E-state index contributed by atoms with van der Waals surface area (Å²) < 4.78 is 8.60. The van der Waals surface area contributed by atoms with Gasteiger partial charge in [-0.3, -0.25) is 9.36 Å². The maximum absolute atomic E-state index is 12.8. The van der Waals surface area contributed by atoms with Gasteiger partial charge in [-0.05, 0) is 30.5 Å². The van der Waals surface area contributed by atoms with Crippen LogP contribution in [0.3, 0.4) is 0 Å². The van der Waals surface area contributed by atoms with Crippen molar-refractivity contribution in [3.63, 3.8) is 0 Å². The molecule has 0 saturated heterocycles. The average molecular weight is 382 g/mol. The van der Waals surface area contributed by atoms with Crippen molar-refractivity contribution in [2.24, 2.45) is 0 Å². The van der Waals surface area contributed by atoms with Crippen LogP contribution in [0.25, 0.3) is 11.0 Å². The van der Waals surface area contributed by atoms with E-state index in [2.05, 4.69) is 15.2 Å². The van der Waals surface area contributed by atoms with Gasteiger partial charge in [0.05, 0.1) is 25.0 Å². The van der Waals surface area contributed by atoms with E-state index in [0.717, 1.165) is 24.1 Å². The van der Waals surface area contributed by atoms with E-state index in [1.54, 1.807) is 10.9 Å². The zero-order chi connectivity index (χ0) is 18.4.